The van der Waals surface area contributed by atoms with Gasteiger partial charge in [-0.1, -0.05) is 6.07 Å². The minimum absolute atomic E-state index is 0.102. The zero-order valence-electron chi connectivity index (χ0n) is 15.3. The first kappa shape index (κ1) is 20.3. The molecule has 0 heterocycles. The standard InChI is InChI=1S/C17H28N2O4S/c1-12(18-16(20)17(2,3)19-24(6,7)21)10-13-8-9-14(22-4)15(11-13)23-5/h8-9,11-12H,6,10H2,1-5,7H3,(H,18,20)(H,19,21). The predicted molar refractivity (Wildman–Crippen MR) is 99.3 cm³/mol. The van der Waals surface area contributed by atoms with Gasteiger partial charge in [0, 0.05) is 22.0 Å². The highest BCUT2D eigenvalue weighted by Gasteiger charge is 2.29. The molecule has 2 atom stereocenters. The topological polar surface area (TPSA) is 76.7 Å². The van der Waals surface area contributed by atoms with Gasteiger partial charge in [0.25, 0.3) is 0 Å². The average Bonchev–Trinajstić information content (AvgIpc) is 2.44. The SMILES string of the molecule is C=S(C)(=O)NC(C)(C)C(=O)NC(C)Cc1ccc(OC)c(OC)c1. The largest absolute Gasteiger partial charge is 0.493 e. The van der Waals surface area contributed by atoms with Crippen LogP contribution in [0.5, 0.6) is 11.5 Å². The van der Waals surface area contributed by atoms with Crippen LogP contribution < -0.4 is 19.5 Å². The fourth-order valence-electron chi connectivity index (χ4n) is 2.40. The average molecular weight is 356 g/mol. The van der Waals surface area contributed by atoms with Gasteiger partial charge in [0.1, 0.15) is 5.54 Å². The molecule has 1 amide bonds. The third-order valence-electron chi connectivity index (χ3n) is 3.41. The van der Waals surface area contributed by atoms with Crippen molar-refractivity contribution in [3.8, 4) is 11.5 Å². The Bertz CT molecular complexity index is 684. The molecule has 1 rings (SSSR count). The van der Waals surface area contributed by atoms with Crippen LogP contribution in [-0.4, -0.2) is 48.0 Å². The second-order valence-electron chi connectivity index (χ2n) is 6.50. The molecule has 0 saturated carbocycles. The molecule has 2 N–H and O–H groups in total. The van der Waals surface area contributed by atoms with Crippen LogP contribution in [-0.2, 0) is 20.9 Å². The lowest BCUT2D eigenvalue weighted by molar-refractivity contribution is -0.126. The number of benzene rings is 1. The summed E-state index contributed by atoms with van der Waals surface area (Å²) in [6, 6.07) is 5.56. The molecule has 0 bridgehead atoms. The number of hydrogen-bond donors (Lipinski definition) is 2. The fraction of sp³-hybridized carbons (Fsp3) is 0.529. The molecule has 7 heteroatoms. The lowest BCUT2D eigenvalue weighted by Crippen LogP contribution is -2.56. The quantitative estimate of drug-likeness (QED) is 0.690. The first-order valence-electron chi connectivity index (χ1n) is 7.61. The van der Waals surface area contributed by atoms with Gasteiger partial charge in [-0.05, 0) is 50.8 Å². The minimum atomic E-state index is -2.48. The summed E-state index contributed by atoms with van der Waals surface area (Å²) in [6.45, 7) is 5.28. The highest BCUT2D eigenvalue weighted by Crippen LogP contribution is 2.28. The van der Waals surface area contributed by atoms with Crippen LogP contribution in [0.4, 0.5) is 0 Å². The number of methoxy groups -OCH3 is 2. The Morgan fingerprint density at radius 2 is 1.88 bits per heavy atom. The number of hydrogen-bond acceptors (Lipinski definition) is 4. The maximum atomic E-state index is 12.4. The van der Waals surface area contributed by atoms with Crippen molar-refractivity contribution in [3.63, 3.8) is 0 Å². The molecule has 0 aliphatic carbocycles. The molecule has 136 valence electrons. The van der Waals surface area contributed by atoms with Gasteiger partial charge in [-0.25, -0.2) is 4.72 Å². The van der Waals surface area contributed by atoms with Crippen molar-refractivity contribution in [1.82, 2.24) is 10.0 Å². The Balaban J connectivity index is 2.75. The molecular formula is C17H28N2O4S. The fourth-order valence-corrected chi connectivity index (χ4v) is 3.57. The molecule has 0 fully saturated rings. The van der Waals surface area contributed by atoms with E-state index in [1.165, 1.54) is 6.26 Å². The zero-order chi connectivity index (χ0) is 18.5. The normalized spacial score (nSPS) is 15.2. The van der Waals surface area contributed by atoms with Crippen molar-refractivity contribution in [2.75, 3.05) is 20.5 Å². The van der Waals surface area contributed by atoms with E-state index in [0.717, 1.165) is 5.56 Å². The smallest absolute Gasteiger partial charge is 0.240 e. The summed E-state index contributed by atoms with van der Waals surface area (Å²) in [7, 11) is 0.693. The van der Waals surface area contributed by atoms with Crippen molar-refractivity contribution in [3.05, 3.63) is 23.8 Å². The van der Waals surface area contributed by atoms with E-state index in [1.807, 2.05) is 25.1 Å². The molecular weight excluding hydrogens is 328 g/mol. The number of rotatable bonds is 8. The molecule has 2 unspecified atom stereocenters. The molecule has 0 aliphatic heterocycles. The summed E-state index contributed by atoms with van der Waals surface area (Å²) in [6.07, 6.45) is 2.10. The number of ether oxygens (including phenoxy) is 2. The number of carbonyl (C=O) groups excluding carboxylic acids is 1. The molecule has 0 aliphatic rings. The van der Waals surface area contributed by atoms with Gasteiger partial charge in [0.05, 0.1) is 14.2 Å². The van der Waals surface area contributed by atoms with Gasteiger partial charge in [0.15, 0.2) is 11.5 Å². The van der Waals surface area contributed by atoms with Crippen LogP contribution in [0.1, 0.15) is 26.3 Å². The Hall–Kier alpha value is -1.73. The van der Waals surface area contributed by atoms with Crippen molar-refractivity contribution < 1.29 is 18.5 Å². The van der Waals surface area contributed by atoms with Crippen LogP contribution in [0.2, 0.25) is 0 Å². The van der Waals surface area contributed by atoms with Crippen molar-refractivity contribution in [2.45, 2.75) is 38.8 Å². The van der Waals surface area contributed by atoms with E-state index in [2.05, 4.69) is 15.9 Å². The van der Waals surface area contributed by atoms with Crippen LogP contribution in [0.3, 0.4) is 0 Å². The van der Waals surface area contributed by atoms with Crippen LogP contribution in [0, 0.1) is 0 Å². The van der Waals surface area contributed by atoms with Gasteiger partial charge in [-0.2, -0.15) is 0 Å². The first-order chi connectivity index (χ1) is 11.0. The van der Waals surface area contributed by atoms with Crippen molar-refractivity contribution in [1.29, 1.82) is 0 Å². The van der Waals surface area contributed by atoms with E-state index in [1.54, 1.807) is 28.1 Å². The van der Waals surface area contributed by atoms with Gasteiger partial charge in [0.2, 0.25) is 5.91 Å². The summed E-state index contributed by atoms with van der Waals surface area (Å²) in [4.78, 5) is 12.4. The predicted octanol–water partition coefficient (Wildman–Crippen LogP) is 1.38. The molecule has 0 saturated heterocycles. The van der Waals surface area contributed by atoms with Crippen LogP contribution >= 0.6 is 0 Å². The maximum Gasteiger partial charge on any atom is 0.240 e. The van der Waals surface area contributed by atoms with E-state index < -0.39 is 15.2 Å². The number of carbonyl (C=O) groups is 1. The van der Waals surface area contributed by atoms with Gasteiger partial charge in [-0.15, -0.1) is 0 Å². The monoisotopic (exact) mass is 356 g/mol. The lowest BCUT2D eigenvalue weighted by atomic mass is 10.0. The highest BCUT2D eigenvalue weighted by molar-refractivity contribution is 7.97. The van der Waals surface area contributed by atoms with E-state index in [0.29, 0.717) is 17.9 Å². The van der Waals surface area contributed by atoms with E-state index in [9.17, 15) is 9.00 Å². The molecule has 1 aromatic rings. The third kappa shape index (κ3) is 6.05. The zero-order valence-corrected chi connectivity index (χ0v) is 16.1. The number of amides is 1. The third-order valence-corrected chi connectivity index (χ3v) is 4.35. The second kappa shape index (κ2) is 7.90. The Morgan fingerprint density at radius 3 is 2.38 bits per heavy atom. The second-order valence-corrected chi connectivity index (χ2v) is 8.71. The summed E-state index contributed by atoms with van der Waals surface area (Å²) in [5, 5.41) is 2.93. The molecule has 0 aromatic heterocycles. The Kier molecular flexibility index (Phi) is 6.68. The molecule has 0 radical (unpaired) electrons. The summed E-state index contributed by atoms with van der Waals surface area (Å²) < 4.78 is 25.1. The summed E-state index contributed by atoms with van der Waals surface area (Å²) in [5.74, 6) is 4.62. The molecule has 1 aromatic carbocycles. The maximum absolute atomic E-state index is 12.4. The molecule has 24 heavy (non-hydrogen) atoms. The summed E-state index contributed by atoms with van der Waals surface area (Å²) in [5.41, 5.74) is 0.0436. The first-order valence-corrected chi connectivity index (χ1v) is 9.75. The lowest BCUT2D eigenvalue weighted by Gasteiger charge is -2.28. The van der Waals surface area contributed by atoms with E-state index in [-0.39, 0.29) is 11.9 Å². The van der Waals surface area contributed by atoms with Crippen molar-refractivity contribution >= 4 is 21.5 Å². The molecule has 6 nitrogen and oxygen atoms in total. The minimum Gasteiger partial charge on any atom is -0.493 e. The summed E-state index contributed by atoms with van der Waals surface area (Å²) >= 11 is 0. The van der Waals surface area contributed by atoms with Gasteiger partial charge in [-0.3, -0.25) is 9.00 Å². The highest BCUT2D eigenvalue weighted by atomic mass is 32.2. The van der Waals surface area contributed by atoms with Gasteiger partial charge >= 0.3 is 0 Å². The number of nitrogens with one attached hydrogen (secondary N) is 2. The van der Waals surface area contributed by atoms with Crippen LogP contribution in [0.25, 0.3) is 0 Å². The van der Waals surface area contributed by atoms with E-state index >= 15 is 0 Å². The Morgan fingerprint density at radius 1 is 1.29 bits per heavy atom. The van der Waals surface area contributed by atoms with Crippen molar-refractivity contribution in [2.24, 2.45) is 0 Å². The van der Waals surface area contributed by atoms with Crippen LogP contribution in [0.15, 0.2) is 18.2 Å². The van der Waals surface area contributed by atoms with E-state index in [4.69, 9.17) is 9.47 Å². The Labute approximate surface area is 145 Å². The van der Waals surface area contributed by atoms with Gasteiger partial charge < -0.3 is 14.8 Å². The molecule has 0 spiro atoms.